The third-order valence-electron chi connectivity index (χ3n) is 2.15. The molecule has 0 bridgehead atoms. The number of halogens is 1. The van der Waals surface area contributed by atoms with E-state index in [-0.39, 0.29) is 0 Å². The molecule has 2 rings (SSSR count). The molecule has 0 fully saturated rings. The summed E-state index contributed by atoms with van der Waals surface area (Å²) < 4.78 is 1.44. The molecule has 2 aromatic rings. The Kier molecular flexibility index (Phi) is 3.06. The third kappa shape index (κ3) is 2.42. The molecule has 2 N–H and O–H groups in total. The van der Waals surface area contributed by atoms with Crippen molar-refractivity contribution in [3.05, 3.63) is 35.0 Å². The van der Waals surface area contributed by atoms with Crippen molar-refractivity contribution < 1.29 is 4.79 Å². The van der Waals surface area contributed by atoms with Crippen LogP contribution >= 0.6 is 11.6 Å². The highest BCUT2D eigenvalue weighted by molar-refractivity contribution is 6.29. The lowest BCUT2D eigenvalue weighted by Crippen LogP contribution is -2.09. The number of carbonyl (C=O) groups excluding carboxylic acids is 1. The maximum absolute atomic E-state index is 10.9. The number of hydrogen-bond donors (Lipinski definition) is 1. The smallest absolute Gasteiger partial charge is 0.251 e. The normalized spacial score (nSPS) is 10.5. The molecule has 0 aromatic carbocycles. The predicted octanol–water partition coefficient (Wildman–Crippen LogP) is 0.977. The molecular formula is C10H10ClN5O. The Morgan fingerprint density at radius 1 is 1.53 bits per heavy atom. The van der Waals surface area contributed by atoms with Crippen molar-refractivity contribution in [1.29, 1.82) is 0 Å². The molecule has 0 unspecified atom stereocenters. The molecule has 0 aliphatic heterocycles. The quantitative estimate of drug-likeness (QED) is 0.824. The van der Waals surface area contributed by atoms with Crippen LogP contribution in [0.2, 0.25) is 5.15 Å². The second-order valence-electron chi connectivity index (χ2n) is 3.36. The topological polar surface area (TPSA) is 86.7 Å². The van der Waals surface area contributed by atoms with Gasteiger partial charge in [-0.3, -0.25) is 4.79 Å². The number of amides is 1. The van der Waals surface area contributed by atoms with Crippen LogP contribution in [0.15, 0.2) is 18.5 Å². The molecule has 2 heterocycles. The van der Waals surface area contributed by atoms with Crippen molar-refractivity contribution >= 4 is 17.5 Å². The minimum absolute atomic E-state index is 0.317. The Balaban J connectivity index is 2.44. The van der Waals surface area contributed by atoms with Crippen molar-refractivity contribution in [3.8, 4) is 5.82 Å². The molecule has 6 nitrogen and oxygen atoms in total. The SMILES string of the molecule is CCc1nc(Cl)cc(-n2cc(C(N)=O)cn2)n1. The molecular weight excluding hydrogens is 242 g/mol. The number of rotatable bonds is 3. The Morgan fingerprint density at radius 2 is 2.29 bits per heavy atom. The second kappa shape index (κ2) is 4.50. The van der Waals surface area contributed by atoms with Gasteiger partial charge in [-0.15, -0.1) is 0 Å². The lowest BCUT2D eigenvalue weighted by Gasteiger charge is -2.02. The average Bonchev–Trinajstić information content (AvgIpc) is 2.77. The zero-order valence-electron chi connectivity index (χ0n) is 9.09. The number of aromatic nitrogens is 4. The highest BCUT2D eigenvalue weighted by atomic mass is 35.5. The standard InChI is InChI=1S/C10H10ClN5O/c1-2-8-14-7(11)3-9(15-8)16-5-6(4-13-16)10(12)17/h3-5H,2H2,1H3,(H2,12,17). The van der Waals surface area contributed by atoms with E-state index in [1.54, 1.807) is 6.07 Å². The van der Waals surface area contributed by atoms with Crippen molar-refractivity contribution in [2.45, 2.75) is 13.3 Å². The molecule has 7 heteroatoms. The fraction of sp³-hybridized carbons (Fsp3) is 0.200. The van der Waals surface area contributed by atoms with Crippen LogP contribution in [0.4, 0.5) is 0 Å². The van der Waals surface area contributed by atoms with E-state index in [1.807, 2.05) is 6.92 Å². The summed E-state index contributed by atoms with van der Waals surface area (Å²) in [7, 11) is 0. The van der Waals surface area contributed by atoms with Gasteiger partial charge in [0.15, 0.2) is 5.82 Å². The molecule has 1 amide bonds. The van der Waals surface area contributed by atoms with Crippen molar-refractivity contribution in [3.63, 3.8) is 0 Å². The second-order valence-corrected chi connectivity index (χ2v) is 3.74. The molecule has 0 saturated heterocycles. The maximum Gasteiger partial charge on any atom is 0.251 e. The minimum atomic E-state index is -0.535. The number of nitrogens with two attached hydrogens (primary N) is 1. The lowest BCUT2D eigenvalue weighted by atomic mass is 10.3. The molecule has 0 radical (unpaired) electrons. The summed E-state index contributed by atoms with van der Waals surface area (Å²) in [5.41, 5.74) is 5.46. The summed E-state index contributed by atoms with van der Waals surface area (Å²) in [5.74, 6) is 0.588. The fourth-order valence-electron chi connectivity index (χ4n) is 1.30. The van der Waals surface area contributed by atoms with E-state index in [9.17, 15) is 4.79 Å². The van der Waals surface area contributed by atoms with Gasteiger partial charge in [-0.25, -0.2) is 14.6 Å². The lowest BCUT2D eigenvalue weighted by molar-refractivity contribution is 0.100. The number of carbonyl (C=O) groups is 1. The van der Waals surface area contributed by atoms with Gasteiger partial charge >= 0.3 is 0 Å². The summed E-state index contributed by atoms with van der Waals surface area (Å²) >= 11 is 5.86. The molecule has 0 aliphatic rings. The van der Waals surface area contributed by atoms with Crippen LogP contribution in [0.5, 0.6) is 0 Å². The van der Waals surface area contributed by atoms with Gasteiger partial charge in [0.1, 0.15) is 11.0 Å². The van der Waals surface area contributed by atoms with Gasteiger partial charge in [-0.05, 0) is 0 Å². The molecule has 2 aromatic heterocycles. The van der Waals surface area contributed by atoms with Crippen molar-refractivity contribution in [2.24, 2.45) is 5.73 Å². The molecule has 0 atom stereocenters. The monoisotopic (exact) mass is 251 g/mol. The summed E-state index contributed by atoms with van der Waals surface area (Å²) in [6, 6.07) is 1.57. The Labute approximate surface area is 102 Å². The highest BCUT2D eigenvalue weighted by Crippen LogP contribution is 2.12. The average molecular weight is 252 g/mol. The van der Waals surface area contributed by atoms with Crippen LogP contribution in [0.1, 0.15) is 23.1 Å². The van der Waals surface area contributed by atoms with Crippen LogP contribution in [0.25, 0.3) is 5.82 Å². The number of hydrogen-bond acceptors (Lipinski definition) is 4. The Bertz CT molecular complexity index is 566. The van der Waals surface area contributed by atoms with E-state index in [0.717, 1.165) is 0 Å². The summed E-state index contributed by atoms with van der Waals surface area (Å²) in [5, 5.41) is 4.33. The molecule has 0 aliphatic carbocycles. The van der Waals surface area contributed by atoms with Crippen LogP contribution in [0, 0.1) is 0 Å². The number of aryl methyl sites for hydroxylation is 1. The van der Waals surface area contributed by atoms with Gasteiger partial charge < -0.3 is 5.73 Å². The Hall–Kier alpha value is -1.95. The Morgan fingerprint density at radius 3 is 2.88 bits per heavy atom. The van der Waals surface area contributed by atoms with Gasteiger partial charge in [0.05, 0.1) is 11.8 Å². The first-order valence-electron chi connectivity index (χ1n) is 4.98. The summed E-state index contributed by atoms with van der Waals surface area (Å²) in [6.45, 7) is 1.92. The first-order valence-corrected chi connectivity index (χ1v) is 5.36. The first kappa shape index (κ1) is 11.5. The van der Waals surface area contributed by atoms with Gasteiger partial charge in [-0.2, -0.15) is 5.10 Å². The van der Waals surface area contributed by atoms with E-state index >= 15 is 0 Å². The van der Waals surface area contributed by atoms with Crippen molar-refractivity contribution in [1.82, 2.24) is 19.7 Å². The first-order chi connectivity index (χ1) is 8.10. The van der Waals surface area contributed by atoms with Gasteiger partial charge in [0.2, 0.25) is 0 Å². The largest absolute Gasteiger partial charge is 0.366 e. The zero-order valence-corrected chi connectivity index (χ0v) is 9.85. The van der Waals surface area contributed by atoms with E-state index in [4.69, 9.17) is 17.3 Å². The predicted molar refractivity (Wildman–Crippen MR) is 62.1 cm³/mol. The maximum atomic E-state index is 10.9. The third-order valence-corrected chi connectivity index (χ3v) is 2.34. The van der Waals surface area contributed by atoms with E-state index < -0.39 is 5.91 Å². The molecule has 17 heavy (non-hydrogen) atoms. The molecule has 0 saturated carbocycles. The zero-order chi connectivity index (χ0) is 12.4. The molecule has 88 valence electrons. The van der Waals surface area contributed by atoms with Gasteiger partial charge in [0.25, 0.3) is 5.91 Å². The van der Waals surface area contributed by atoms with E-state index in [0.29, 0.717) is 28.8 Å². The fourth-order valence-corrected chi connectivity index (χ4v) is 1.50. The van der Waals surface area contributed by atoms with E-state index in [1.165, 1.54) is 17.1 Å². The summed E-state index contributed by atoms with van der Waals surface area (Å²) in [4.78, 5) is 19.2. The van der Waals surface area contributed by atoms with Gasteiger partial charge in [-0.1, -0.05) is 18.5 Å². The number of nitrogens with zero attached hydrogens (tertiary/aromatic N) is 4. The highest BCUT2D eigenvalue weighted by Gasteiger charge is 2.08. The van der Waals surface area contributed by atoms with Crippen LogP contribution < -0.4 is 5.73 Å². The van der Waals surface area contributed by atoms with Crippen LogP contribution in [0.3, 0.4) is 0 Å². The van der Waals surface area contributed by atoms with Gasteiger partial charge in [0, 0.05) is 18.7 Å². The summed E-state index contributed by atoms with van der Waals surface area (Å²) in [6.07, 6.45) is 3.54. The van der Waals surface area contributed by atoms with Crippen LogP contribution in [-0.2, 0) is 6.42 Å². The molecule has 0 spiro atoms. The number of primary amides is 1. The van der Waals surface area contributed by atoms with E-state index in [2.05, 4.69) is 15.1 Å². The van der Waals surface area contributed by atoms with Crippen LogP contribution in [-0.4, -0.2) is 25.7 Å². The van der Waals surface area contributed by atoms with Crippen molar-refractivity contribution in [2.75, 3.05) is 0 Å². The minimum Gasteiger partial charge on any atom is -0.366 e.